The minimum absolute atomic E-state index is 0.0222. The SMILES string of the molecule is CCN(CC)C(CNC(=O)c1cc(N)ccc1C)c1ccccc1Cl. The number of nitrogen functional groups attached to an aromatic ring is 1. The molecule has 2 rings (SSSR count). The number of halogens is 1. The first-order valence-corrected chi connectivity index (χ1v) is 8.98. The van der Waals surface area contributed by atoms with Gasteiger partial charge in [-0.2, -0.15) is 0 Å². The summed E-state index contributed by atoms with van der Waals surface area (Å²) in [4.78, 5) is 14.9. The summed E-state index contributed by atoms with van der Waals surface area (Å²) in [5.74, 6) is -0.117. The molecule has 25 heavy (non-hydrogen) atoms. The molecule has 3 N–H and O–H groups in total. The zero-order chi connectivity index (χ0) is 18.4. The van der Waals surface area contributed by atoms with E-state index in [2.05, 4.69) is 24.1 Å². The highest BCUT2D eigenvalue weighted by atomic mass is 35.5. The molecule has 0 heterocycles. The molecule has 2 aromatic carbocycles. The molecule has 0 aliphatic heterocycles. The average Bonchev–Trinajstić information content (AvgIpc) is 2.61. The number of carbonyl (C=O) groups excluding carboxylic acids is 1. The number of aryl methyl sites for hydroxylation is 1. The van der Waals surface area contributed by atoms with Crippen LogP contribution in [0.25, 0.3) is 0 Å². The first-order chi connectivity index (χ1) is 12.0. The molecule has 1 amide bonds. The van der Waals surface area contributed by atoms with Crippen molar-refractivity contribution >= 4 is 23.2 Å². The number of hydrogen-bond donors (Lipinski definition) is 2. The standard InChI is InChI=1S/C20H26ClN3O/c1-4-24(5-2)19(16-8-6-7-9-18(16)21)13-23-20(25)17-12-15(22)11-10-14(17)3/h6-12,19H,4-5,13,22H2,1-3H3,(H,23,25). The monoisotopic (exact) mass is 359 g/mol. The fourth-order valence-electron chi connectivity index (χ4n) is 3.01. The van der Waals surface area contributed by atoms with Gasteiger partial charge in [0, 0.05) is 22.8 Å². The molecule has 0 aromatic heterocycles. The molecule has 5 heteroatoms. The van der Waals surface area contributed by atoms with Crippen molar-refractivity contribution in [1.29, 1.82) is 0 Å². The minimum atomic E-state index is -0.117. The van der Waals surface area contributed by atoms with Gasteiger partial charge >= 0.3 is 0 Å². The molecule has 2 aromatic rings. The molecule has 1 unspecified atom stereocenters. The number of nitrogens with one attached hydrogen (secondary N) is 1. The van der Waals surface area contributed by atoms with E-state index < -0.39 is 0 Å². The third-order valence-electron chi connectivity index (χ3n) is 4.48. The molecule has 1 atom stereocenters. The van der Waals surface area contributed by atoms with Gasteiger partial charge in [-0.1, -0.05) is 49.7 Å². The number of carbonyl (C=O) groups is 1. The Morgan fingerprint density at radius 1 is 1.20 bits per heavy atom. The highest BCUT2D eigenvalue weighted by Crippen LogP contribution is 2.27. The van der Waals surface area contributed by atoms with Gasteiger partial charge in [0.15, 0.2) is 0 Å². The van der Waals surface area contributed by atoms with Gasteiger partial charge in [0.2, 0.25) is 0 Å². The summed E-state index contributed by atoms with van der Waals surface area (Å²) >= 11 is 6.40. The van der Waals surface area contributed by atoms with Crippen LogP contribution in [0.15, 0.2) is 42.5 Å². The van der Waals surface area contributed by atoms with Crippen molar-refractivity contribution in [3.8, 4) is 0 Å². The summed E-state index contributed by atoms with van der Waals surface area (Å²) in [5.41, 5.74) is 8.94. The molecular weight excluding hydrogens is 334 g/mol. The van der Waals surface area contributed by atoms with Crippen molar-refractivity contribution in [1.82, 2.24) is 10.2 Å². The van der Waals surface area contributed by atoms with Gasteiger partial charge < -0.3 is 11.1 Å². The molecule has 0 saturated heterocycles. The predicted octanol–water partition coefficient (Wildman–Crippen LogP) is 4.04. The Balaban J connectivity index is 2.21. The molecule has 4 nitrogen and oxygen atoms in total. The van der Waals surface area contributed by atoms with Crippen LogP contribution in [-0.2, 0) is 0 Å². The van der Waals surface area contributed by atoms with E-state index >= 15 is 0 Å². The van der Waals surface area contributed by atoms with E-state index in [0.717, 1.165) is 24.2 Å². The predicted molar refractivity (Wildman–Crippen MR) is 105 cm³/mol. The van der Waals surface area contributed by atoms with Crippen molar-refractivity contribution < 1.29 is 4.79 Å². The lowest BCUT2D eigenvalue weighted by Gasteiger charge is -2.31. The molecule has 0 bridgehead atoms. The van der Waals surface area contributed by atoms with Crippen LogP contribution in [0.3, 0.4) is 0 Å². The van der Waals surface area contributed by atoms with Crippen LogP contribution in [0.1, 0.15) is 41.4 Å². The average molecular weight is 360 g/mol. The van der Waals surface area contributed by atoms with Gasteiger partial charge in [-0.15, -0.1) is 0 Å². The Morgan fingerprint density at radius 3 is 2.52 bits per heavy atom. The summed E-state index contributed by atoms with van der Waals surface area (Å²) in [6, 6.07) is 13.2. The molecule has 0 aliphatic carbocycles. The summed E-state index contributed by atoms with van der Waals surface area (Å²) in [5, 5.41) is 3.76. The summed E-state index contributed by atoms with van der Waals surface area (Å²) in [7, 11) is 0. The van der Waals surface area contributed by atoms with E-state index in [4.69, 9.17) is 17.3 Å². The van der Waals surface area contributed by atoms with Crippen LogP contribution in [0.5, 0.6) is 0 Å². The van der Waals surface area contributed by atoms with Crippen molar-refractivity contribution in [2.75, 3.05) is 25.4 Å². The first-order valence-electron chi connectivity index (χ1n) is 8.60. The number of rotatable bonds is 7. The maximum absolute atomic E-state index is 12.6. The van der Waals surface area contributed by atoms with Gasteiger partial charge in [0.05, 0.1) is 6.04 Å². The van der Waals surface area contributed by atoms with Crippen LogP contribution >= 0.6 is 11.6 Å². The Bertz CT molecular complexity index is 729. The Hall–Kier alpha value is -2.04. The second kappa shape index (κ2) is 8.88. The number of nitrogens with two attached hydrogens (primary N) is 1. The van der Waals surface area contributed by atoms with Crippen LogP contribution in [-0.4, -0.2) is 30.4 Å². The molecule has 134 valence electrons. The number of anilines is 1. The van der Waals surface area contributed by atoms with Gasteiger partial charge in [0.25, 0.3) is 5.91 Å². The first kappa shape index (κ1) is 19.3. The lowest BCUT2D eigenvalue weighted by atomic mass is 10.0. The molecule has 0 saturated carbocycles. The lowest BCUT2D eigenvalue weighted by molar-refractivity contribution is 0.0934. The highest BCUT2D eigenvalue weighted by molar-refractivity contribution is 6.31. The van der Waals surface area contributed by atoms with E-state index in [0.29, 0.717) is 22.8 Å². The van der Waals surface area contributed by atoms with E-state index in [1.54, 1.807) is 12.1 Å². The molecule has 0 fully saturated rings. The van der Waals surface area contributed by atoms with E-state index in [-0.39, 0.29) is 11.9 Å². The quantitative estimate of drug-likeness (QED) is 0.733. The van der Waals surface area contributed by atoms with Gasteiger partial charge in [-0.3, -0.25) is 9.69 Å². The largest absolute Gasteiger partial charge is 0.399 e. The van der Waals surface area contributed by atoms with Crippen molar-refractivity contribution in [2.24, 2.45) is 0 Å². The zero-order valence-electron chi connectivity index (χ0n) is 15.1. The van der Waals surface area contributed by atoms with Crippen LogP contribution < -0.4 is 11.1 Å². The lowest BCUT2D eigenvalue weighted by Crippen LogP contribution is -2.38. The fourth-order valence-corrected chi connectivity index (χ4v) is 3.28. The summed E-state index contributed by atoms with van der Waals surface area (Å²) in [6.07, 6.45) is 0. The number of benzene rings is 2. The fraction of sp³-hybridized carbons (Fsp3) is 0.350. The van der Waals surface area contributed by atoms with Crippen LogP contribution in [0, 0.1) is 6.92 Å². The van der Waals surface area contributed by atoms with Crippen molar-refractivity contribution in [3.63, 3.8) is 0 Å². The van der Waals surface area contributed by atoms with E-state index in [1.807, 2.05) is 37.3 Å². The molecule has 0 aliphatic rings. The minimum Gasteiger partial charge on any atom is -0.399 e. The molecule has 0 radical (unpaired) electrons. The maximum atomic E-state index is 12.6. The van der Waals surface area contributed by atoms with E-state index in [9.17, 15) is 4.79 Å². The van der Waals surface area contributed by atoms with Gasteiger partial charge in [0.1, 0.15) is 0 Å². The Kier molecular flexibility index (Phi) is 6.85. The highest BCUT2D eigenvalue weighted by Gasteiger charge is 2.21. The second-order valence-corrected chi connectivity index (χ2v) is 6.45. The summed E-state index contributed by atoms with van der Waals surface area (Å²) in [6.45, 7) is 8.36. The number of nitrogens with zero attached hydrogens (tertiary/aromatic N) is 1. The number of amides is 1. The van der Waals surface area contributed by atoms with Crippen molar-refractivity contribution in [2.45, 2.75) is 26.8 Å². The third-order valence-corrected chi connectivity index (χ3v) is 4.82. The second-order valence-electron chi connectivity index (χ2n) is 6.04. The number of likely N-dealkylation sites (N-methyl/N-ethyl adjacent to an activating group) is 1. The van der Waals surface area contributed by atoms with Crippen LogP contribution in [0.4, 0.5) is 5.69 Å². The van der Waals surface area contributed by atoms with Crippen LogP contribution in [0.2, 0.25) is 5.02 Å². The molecule has 0 spiro atoms. The number of hydrogen-bond acceptors (Lipinski definition) is 3. The Morgan fingerprint density at radius 2 is 1.88 bits per heavy atom. The molecular formula is C20H26ClN3O. The third kappa shape index (κ3) is 4.74. The Labute approximate surface area is 155 Å². The van der Waals surface area contributed by atoms with Gasteiger partial charge in [-0.25, -0.2) is 0 Å². The van der Waals surface area contributed by atoms with Gasteiger partial charge in [-0.05, 0) is 49.3 Å². The smallest absolute Gasteiger partial charge is 0.251 e. The van der Waals surface area contributed by atoms with E-state index in [1.165, 1.54) is 0 Å². The topological polar surface area (TPSA) is 58.4 Å². The summed E-state index contributed by atoms with van der Waals surface area (Å²) < 4.78 is 0. The maximum Gasteiger partial charge on any atom is 0.251 e. The normalized spacial score (nSPS) is 12.2. The van der Waals surface area contributed by atoms with Crippen molar-refractivity contribution in [3.05, 3.63) is 64.2 Å². The zero-order valence-corrected chi connectivity index (χ0v) is 15.8.